The molecule has 0 amide bonds. The number of pyridine rings is 2. The summed E-state index contributed by atoms with van der Waals surface area (Å²) in [7, 11) is 0. The molecule has 0 radical (unpaired) electrons. The number of ether oxygens (including phenoxy) is 1. The van der Waals surface area contributed by atoms with E-state index < -0.39 is 0 Å². The molecule has 2 aromatic heterocycles. The van der Waals surface area contributed by atoms with Gasteiger partial charge in [-0.2, -0.15) is 0 Å². The second-order valence-electron chi connectivity index (χ2n) is 8.13. The van der Waals surface area contributed by atoms with Crippen LogP contribution >= 0.6 is 0 Å². The Morgan fingerprint density at radius 3 is 2.87 bits per heavy atom. The Morgan fingerprint density at radius 1 is 1.07 bits per heavy atom. The first-order chi connectivity index (χ1) is 14.8. The molecule has 1 fully saturated rings. The third-order valence-corrected chi connectivity index (χ3v) is 6.06. The Balaban J connectivity index is 1.29. The lowest BCUT2D eigenvalue weighted by atomic mass is 9.87. The Hall–Kier alpha value is -3.02. The highest BCUT2D eigenvalue weighted by molar-refractivity contribution is 6.11. The van der Waals surface area contributed by atoms with Gasteiger partial charge in [-0.15, -0.1) is 0 Å². The van der Waals surface area contributed by atoms with Crippen molar-refractivity contribution in [2.24, 2.45) is 10.9 Å². The van der Waals surface area contributed by atoms with E-state index >= 15 is 0 Å². The second kappa shape index (κ2) is 8.38. The quantitative estimate of drug-likeness (QED) is 0.611. The topological polar surface area (TPSA) is 59.4 Å². The smallest absolute Gasteiger partial charge is 0.221 e. The number of amidine groups is 1. The maximum Gasteiger partial charge on any atom is 0.221 e. The Morgan fingerprint density at radius 2 is 1.97 bits per heavy atom. The minimum absolute atomic E-state index is 0.357. The maximum atomic E-state index is 13.6. The van der Waals surface area contributed by atoms with Gasteiger partial charge in [0.05, 0.1) is 25.0 Å². The summed E-state index contributed by atoms with van der Waals surface area (Å²) < 4.78 is 19.6. The number of rotatable bonds is 5. The average molecular weight is 404 g/mol. The van der Waals surface area contributed by atoms with Gasteiger partial charge < -0.3 is 10.1 Å². The molecule has 1 N–H and O–H groups in total. The van der Waals surface area contributed by atoms with Crippen molar-refractivity contribution in [3.8, 4) is 5.88 Å². The fraction of sp³-hybridized carbons (Fsp3) is 0.375. The summed E-state index contributed by atoms with van der Waals surface area (Å²) in [4.78, 5) is 13.0. The lowest BCUT2D eigenvalue weighted by Crippen LogP contribution is -2.12. The number of hydrogen-bond acceptors (Lipinski definition) is 5. The molecule has 3 heterocycles. The first kappa shape index (κ1) is 19.0. The second-order valence-corrected chi connectivity index (χ2v) is 8.13. The van der Waals surface area contributed by atoms with Crippen molar-refractivity contribution < 1.29 is 9.13 Å². The molecule has 6 heteroatoms. The molecule has 3 aromatic rings. The van der Waals surface area contributed by atoms with Crippen LogP contribution in [0.15, 0.2) is 47.7 Å². The molecule has 1 aromatic carbocycles. The minimum Gasteiger partial charge on any atom is -0.477 e. The van der Waals surface area contributed by atoms with E-state index in [9.17, 15) is 4.39 Å². The number of nitrogens with one attached hydrogen (secondary N) is 1. The van der Waals surface area contributed by atoms with Crippen LogP contribution in [0.3, 0.4) is 0 Å². The molecule has 5 nitrogen and oxygen atoms in total. The zero-order valence-electron chi connectivity index (χ0n) is 16.9. The van der Waals surface area contributed by atoms with Gasteiger partial charge in [0.25, 0.3) is 0 Å². The highest BCUT2D eigenvalue weighted by Gasteiger charge is 2.18. The summed E-state index contributed by atoms with van der Waals surface area (Å²) in [6.45, 7) is 1.18. The Bertz CT molecular complexity index is 1090. The fourth-order valence-corrected chi connectivity index (χ4v) is 4.42. The molecule has 1 aliphatic carbocycles. The fourth-order valence-electron chi connectivity index (χ4n) is 4.42. The Labute approximate surface area is 175 Å². The average Bonchev–Trinajstić information content (AvgIpc) is 3.16. The number of anilines is 1. The SMILES string of the molecule is Fc1cnc2c(c1)C(Nc1ccc3c(OCCC4CCCCC4)nccc3c1)=NC2. The zero-order chi connectivity index (χ0) is 20.3. The predicted molar refractivity (Wildman–Crippen MR) is 116 cm³/mol. The van der Waals surface area contributed by atoms with Crippen molar-refractivity contribution in [1.82, 2.24) is 9.97 Å². The number of nitrogens with zero attached hydrogens (tertiary/aromatic N) is 3. The third kappa shape index (κ3) is 3.99. The summed E-state index contributed by atoms with van der Waals surface area (Å²) in [5.41, 5.74) is 2.40. The number of hydrogen-bond donors (Lipinski definition) is 1. The summed E-state index contributed by atoms with van der Waals surface area (Å²) in [6.07, 6.45) is 10.8. The first-order valence-corrected chi connectivity index (χ1v) is 10.7. The van der Waals surface area contributed by atoms with Gasteiger partial charge in [0.1, 0.15) is 11.7 Å². The first-order valence-electron chi connectivity index (χ1n) is 10.7. The Kier molecular flexibility index (Phi) is 5.30. The van der Waals surface area contributed by atoms with Crippen molar-refractivity contribution in [3.63, 3.8) is 0 Å². The van der Waals surface area contributed by atoms with E-state index in [1.165, 1.54) is 44.4 Å². The summed E-state index contributed by atoms with van der Waals surface area (Å²) in [5.74, 6) is 1.77. The largest absolute Gasteiger partial charge is 0.477 e. The number of aromatic nitrogens is 2. The van der Waals surface area contributed by atoms with Gasteiger partial charge in [-0.1, -0.05) is 32.1 Å². The van der Waals surface area contributed by atoms with Crippen molar-refractivity contribution in [1.29, 1.82) is 0 Å². The number of aliphatic imine (C=N–C) groups is 1. The molecule has 1 saturated carbocycles. The van der Waals surface area contributed by atoms with Gasteiger partial charge >= 0.3 is 0 Å². The predicted octanol–water partition coefficient (Wildman–Crippen LogP) is 5.49. The van der Waals surface area contributed by atoms with Gasteiger partial charge in [-0.3, -0.25) is 9.98 Å². The van der Waals surface area contributed by atoms with Crippen LogP contribution in [0.25, 0.3) is 10.8 Å². The van der Waals surface area contributed by atoms with Gasteiger partial charge in [-0.25, -0.2) is 9.37 Å². The van der Waals surface area contributed by atoms with Crippen LogP contribution in [0.5, 0.6) is 5.88 Å². The van der Waals surface area contributed by atoms with Crippen molar-refractivity contribution in [3.05, 3.63) is 59.8 Å². The van der Waals surface area contributed by atoms with E-state index in [2.05, 4.69) is 20.3 Å². The molecular weight excluding hydrogens is 379 g/mol. The number of halogens is 1. The van der Waals surface area contributed by atoms with E-state index in [0.29, 0.717) is 24.9 Å². The minimum atomic E-state index is -0.357. The normalized spacial score (nSPS) is 16.4. The standard InChI is InChI=1S/C24H25FN4O/c25-18-13-21-22(27-14-18)15-28-23(21)29-19-6-7-20-17(12-19)8-10-26-24(20)30-11-9-16-4-2-1-3-5-16/h6-8,10,12-14,16H,1-5,9,11,15H2,(H,28,29). The van der Waals surface area contributed by atoms with Crippen molar-refractivity contribution in [2.75, 3.05) is 11.9 Å². The van der Waals surface area contributed by atoms with E-state index in [-0.39, 0.29) is 5.82 Å². The van der Waals surface area contributed by atoms with Crippen LogP contribution in [0.4, 0.5) is 10.1 Å². The number of benzene rings is 1. The van der Waals surface area contributed by atoms with Gasteiger partial charge in [0, 0.05) is 22.8 Å². The van der Waals surface area contributed by atoms with E-state index in [0.717, 1.165) is 40.1 Å². The van der Waals surface area contributed by atoms with Crippen LogP contribution in [0.2, 0.25) is 0 Å². The van der Waals surface area contributed by atoms with Gasteiger partial charge in [0.15, 0.2) is 0 Å². The van der Waals surface area contributed by atoms with Crippen LogP contribution in [0.1, 0.15) is 49.8 Å². The van der Waals surface area contributed by atoms with Crippen LogP contribution in [-0.2, 0) is 6.54 Å². The highest BCUT2D eigenvalue weighted by atomic mass is 19.1. The molecule has 0 spiro atoms. The molecule has 154 valence electrons. The van der Waals surface area contributed by atoms with Crippen molar-refractivity contribution >= 4 is 22.3 Å². The van der Waals surface area contributed by atoms with Crippen LogP contribution < -0.4 is 10.1 Å². The highest BCUT2D eigenvalue weighted by Crippen LogP contribution is 2.29. The molecule has 5 rings (SSSR count). The monoisotopic (exact) mass is 404 g/mol. The van der Waals surface area contributed by atoms with Gasteiger partial charge in [-0.05, 0) is 48.1 Å². The summed E-state index contributed by atoms with van der Waals surface area (Å²) in [5, 5.41) is 5.34. The van der Waals surface area contributed by atoms with Gasteiger partial charge in [0.2, 0.25) is 5.88 Å². The molecule has 1 aliphatic heterocycles. The van der Waals surface area contributed by atoms with E-state index in [1.54, 1.807) is 6.20 Å². The molecule has 2 aliphatic rings. The molecule has 30 heavy (non-hydrogen) atoms. The third-order valence-electron chi connectivity index (χ3n) is 6.06. The molecule has 0 atom stereocenters. The van der Waals surface area contributed by atoms with Crippen molar-refractivity contribution in [2.45, 2.75) is 45.1 Å². The molecular formula is C24H25FN4O. The lowest BCUT2D eigenvalue weighted by Gasteiger charge is -2.21. The molecule has 0 unspecified atom stereocenters. The lowest BCUT2D eigenvalue weighted by molar-refractivity contribution is 0.242. The van der Waals surface area contributed by atoms with E-state index in [4.69, 9.17) is 4.74 Å². The van der Waals surface area contributed by atoms with E-state index in [1.807, 2.05) is 24.3 Å². The molecule has 0 saturated heterocycles. The number of fused-ring (bicyclic) bond motifs is 2. The van der Waals surface area contributed by atoms with Crippen LogP contribution in [-0.4, -0.2) is 22.4 Å². The maximum absolute atomic E-state index is 13.6. The summed E-state index contributed by atoms with van der Waals surface area (Å²) in [6, 6.07) is 9.48. The van der Waals surface area contributed by atoms with Crippen LogP contribution in [0, 0.1) is 11.7 Å². The molecule has 0 bridgehead atoms. The summed E-state index contributed by atoms with van der Waals surface area (Å²) >= 11 is 0. The zero-order valence-corrected chi connectivity index (χ0v) is 16.9.